The first-order valence-corrected chi connectivity index (χ1v) is 8.97. The Kier molecular flexibility index (Phi) is 3.86. The van der Waals surface area contributed by atoms with Crippen LogP contribution in [-0.4, -0.2) is 26.7 Å². The Hall–Kier alpha value is -1.50. The summed E-state index contributed by atoms with van der Waals surface area (Å²) >= 11 is 16.4. The summed E-state index contributed by atoms with van der Waals surface area (Å²) in [5, 5.41) is 12.0. The van der Waals surface area contributed by atoms with Crippen LogP contribution in [0.4, 0.5) is 0 Å². The fourth-order valence-electron chi connectivity index (χ4n) is 3.50. The Morgan fingerprint density at radius 2 is 2.29 bits per heavy atom. The van der Waals surface area contributed by atoms with Crippen molar-refractivity contribution in [2.75, 3.05) is 0 Å². The largest absolute Gasteiger partial charge is 0.351 e. The maximum Gasteiger partial charge on any atom is 0.217 e. The predicted octanol–water partition coefficient (Wildman–Crippen LogP) is 4.16. The first-order chi connectivity index (χ1) is 11.5. The third kappa shape index (κ3) is 2.36. The lowest BCUT2D eigenvalue weighted by molar-refractivity contribution is -0.119. The Morgan fingerprint density at radius 1 is 1.50 bits per heavy atom. The molecule has 0 bridgehead atoms. The van der Waals surface area contributed by atoms with Crippen LogP contribution in [0.2, 0.25) is 10.0 Å². The summed E-state index contributed by atoms with van der Waals surface area (Å²) in [5.74, 6) is -0.0368. The molecule has 0 radical (unpaired) electrons. The number of aromatic nitrogens is 3. The number of H-pyrrole nitrogens is 1. The summed E-state index contributed by atoms with van der Waals surface area (Å²) in [6.45, 7) is 2.19. The van der Waals surface area contributed by atoms with E-state index in [1.807, 2.05) is 12.3 Å². The SMILES string of the molecule is CC(=O)N[C@H]1Cc2c(-c3cn[nH]c3)c3c(Br)cc(Cl)c(Cl)c3n2C1. The van der Waals surface area contributed by atoms with Crippen molar-refractivity contribution in [3.05, 3.63) is 38.7 Å². The van der Waals surface area contributed by atoms with E-state index in [-0.39, 0.29) is 11.9 Å². The molecule has 1 amide bonds. The Balaban J connectivity index is 2.01. The summed E-state index contributed by atoms with van der Waals surface area (Å²) in [4.78, 5) is 11.4. The molecule has 3 heterocycles. The molecule has 5 nitrogen and oxygen atoms in total. The zero-order valence-electron chi connectivity index (χ0n) is 12.7. The van der Waals surface area contributed by atoms with Gasteiger partial charge in [-0.05, 0) is 6.07 Å². The number of hydrogen-bond donors (Lipinski definition) is 2. The molecular formula is C16H13BrCl2N4O. The van der Waals surface area contributed by atoms with Gasteiger partial charge in [-0.25, -0.2) is 0 Å². The van der Waals surface area contributed by atoms with Gasteiger partial charge >= 0.3 is 0 Å². The van der Waals surface area contributed by atoms with E-state index in [9.17, 15) is 4.79 Å². The van der Waals surface area contributed by atoms with E-state index in [1.54, 1.807) is 6.20 Å². The van der Waals surface area contributed by atoms with Crippen molar-refractivity contribution in [1.82, 2.24) is 20.1 Å². The highest BCUT2D eigenvalue weighted by atomic mass is 79.9. The van der Waals surface area contributed by atoms with Crippen LogP contribution in [-0.2, 0) is 17.8 Å². The first kappa shape index (κ1) is 16.0. The summed E-state index contributed by atoms with van der Waals surface area (Å²) in [7, 11) is 0. The Bertz CT molecular complexity index is 965. The van der Waals surface area contributed by atoms with Gasteiger partial charge in [0.2, 0.25) is 5.91 Å². The number of aromatic amines is 1. The molecule has 1 atom stereocenters. The van der Waals surface area contributed by atoms with E-state index in [2.05, 4.69) is 36.0 Å². The first-order valence-electron chi connectivity index (χ1n) is 7.42. The van der Waals surface area contributed by atoms with Crippen LogP contribution in [0.25, 0.3) is 22.0 Å². The molecule has 2 aromatic heterocycles. The van der Waals surface area contributed by atoms with Gasteiger partial charge in [-0.15, -0.1) is 0 Å². The van der Waals surface area contributed by atoms with E-state index < -0.39 is 0 Å². The van der Waals surface area contributed by atoms with Crippen molar-refractivity contribution < 1.29 is 4.79 Å². The van der Waals surface area contributed by atoms with Gasteiger partial charge in [0, 0.05) is 52.8 Å². The lowest BCUT2D eigenvalue weighted by atomic mass is 10.0. The van der Waals surface area contributed by atoms with Crippen molar-refractivity contribution in [1.29, 1.82) is 0 Å². The quantitative estimate of drug-likeness (QED) is 0.603. The summed E-state index contributed by atoms with van der Waals surface area (Å²) in [5.41, 5.74) is 4.05. The number of halogens is 3. The average Bonchev–Trinajstić information content (AvgIpc) is 3.18. The summed E-state index contributed by atoms with van der Waals surface area (Å²) in [6, 6.07) is 1.86. The van der Waals surface area contributed by atoms with Gasteiger partial charge in [0.1, 0.15) is 0 Å². The van der Waals surface area contributed by atoms with Crippen LogP contribution in [0.5, 0.6) is 0 Å². The number of benzene rings is 1. The minimum Gasteiger partial charge on any atom is -0.351 e. The molecule has 0 saturated carbocycles. The maximum absolute atomic E-state index is 11.4. The molecule has 0 unspecified atom stereocenters. The molecule has 1 aliphatic rings. The second-order valence-corrected chi connectivity index (χ2v) is 7.54. The summed E-state index contributed by atoms with van der Waals surface area (Å²) in [6.07, 6.45) is 4.38. The molecule has 0 saturated heterocycles. The Morgan fingerprint density at radius 3 is 2.96 bits per heavy atom. The zero-order valence-corrected chi connectivity index (χ0v) is 15.8. The number of rotatable bonds is 2. The van der Waals surface area contributed by atoms with Crippen molar-refractivity contribution in [3.8, 4) is 11.1 Å². The minimum atomic E-state index is -0.0368. The van der Waals surface area contributed by atoms with Crippen LogP contribution in [0.3, 0.4) is 0 Å². The molecule has 3 aromatic rings. The maximum atomic E-state index is 11.4. The lowest BCUT2D eigenvalue weighted by Gasteiger charge is -2.12. The molecule has 124 valence electrons. The molecule has 2 N–H and O–H groups in total. The van der Waals surface area contributed by atoms with Crippen molar-refractivity contribution in [2.45, 2.75) is 25.9 Å². The average molecular weight is 428 g/mol. The lowest BCUT2D eigenvalue weighted by Crippen LogP contribution is -2.34. The molecule has 0 aliphatic carbocycles. The standard InChI is InChI=1S/C16H13BrCl2N4O/c1-7(24)22-9-2-12-13(8-4-20-21-5-8)14-10(17)3-11(18)15(19)16(14)23(12)6-9/h3-5,9H,2,6H2,1H3,(H,20,21)(H,22,24)/t9-/m0/s1. The molecule has 4 rings (SSSR count). The molecule has 1 aliphatic heterocycles. The predicted molar refractivity (Wildman–Crippen MR) is 98.5 cm³/mol. The molecular weight excluding hydrogens is 415 g/mol. The molecule has 0 fully saturated rings. The second-order valence-electron chi connectivity index (χ2n) is 5.90. The van der Waals surface area contributed by atoms with Crippen LogP contribution in [0, 0.1) is 0 Å². The molecule has 8 heteroatoms. The second kappa shape index (κ2) is 5.79. The van der Waals surface area contributed by atoms with Gasteiger partial charge in [-0.2, -0.15) is 5.10 Å². The normalized spacial score (nSPS) is 16.6. The third-order valence-corrected chi connectivity index (χ3v) is 5.72. The monoisotopic (exact) mass is 426 g/mol. The number of nitrogens with one attached hydrogen (secondary N) is 2. The number of nitrogens with zero attached hydrogens (tertiary/aromatic N) is 2. The molecule has 0 spiro atoms. The van der Waals surface area contributed by atoms with E-state index in [4.69, 9.17) is 23.2 Å². The van der Waals surface area contributed by atoms with Gasteiger partial charge in [0.05, 0.1) is 27.8 Å². The highest BCUT2D eigenvalue weighted by Gasteiger charge is 2.31. The summed E-state index contributed by atoms with van der Waals surface area (Å²) < 4.78 is 3.04. The van der Waals surface area contributed by atoms with E-state index in [0.717, 1.165) is 38.6 Å². The van der Waals surface area contributed by atoms with Crippen molar-refractivity contribution in [3.63, 3.8) is 0 Å². The van der Waals surface area contributed by atoms with Crippen LogP contribution < -0.4 is 5.32 Å². The van der Waals surface area contributed by atoms with Gasteiger partial charge in [0.15, 0.2) is 0 Å². The van der Waals surface area contributed by atoms with Gasteiger partial charge in [-0.1, -0.05) is 39.1 Å². The van der Waals surface area contributed by atoms with Gasteiger partial charge in [0.25, 0.3) is 0 Å². The third-order valence-electron chi connectivity index (χ3n) is 4.32. The minimum absolute atomic E-state index is 0.0368. The number of carbonyl (C=O) groups excluding carboxylic acids is 1. The van der Waals surface area contributed by atoms with E-state index in [0.29, 0.717) is 16.6 Å². The fraction of sp³-hybridized carbons (Fsp3) is 0.250. The molecule has 1 aromatic carbocycles. The smallest absolute Gasteiger partial charge is 0.217 e. The number of carbonyl (C=O) groups is 1. The van der Waals surface area contributed by atoms with Gasteiger partial charge in [-0.3, -0.25) is 9.89 Å². The fourth-order valence-corrected chi connectivity index (χ4v) is 4.70. The van der Waals surface area contributed by atoms with E-state index >= 15 is 0 Å². The van der Waals surface area contributed by atoms with Crippen LogP contribution in [0.1, 0.15) is 12.6 Å². The van der Waals surface area contributed by atoms with Crippen LogP contribution in [0.15, 0.2) is 22.9 Å². The van der Waals surface area contributed by atoms with Crippen molar-refractivity contribution in [2.24, 2.45) is 0 Å². The van der Waals surface area contributed by atoms with Crippen molar-refractivity contribution >= 4 is 55.9 Å². The number of hydrogen-bond acceptors (Lipinski definition) is 2. The molecule has 24 heavy (non-hydrogen) atoms. The number of fused-ring (bicyclic) bond motifs is 3. The zero-order chi connectivity index (χ0) is 17.0. The van der Waals surface area contributed by atoms with E-state index in [1.165, 1.54) is 6.92 Å². The Labute approximate surface area is 156 Å². The topological polar surface area (TPSA) is 62.7 Å². The highest BCUT2D eigenvalue weighted by molar-refractivity contribution is 9.10. The highest BCUT2D eigenvalue weighted by Crippen LogP contribution is 2.46. The number of amides is 1. The van der Waals surface area contributed by atoms with Gasteiger partial charge < -0.3 is 9.88 Å². The van der Waals surface area contributed by atoms with Crippen LogP contribution >= 0.6 is 39.1 Å².